The summed E-state index contributed by atoms with van der Waals surface area (Å²) in [5.41, 5.74) is 2.92. The Morgan fingerprint density at radius 1 is 0.968 bits per heavy atom. The van der Waals surface area contributed by atoms with Crippen molar-refractivity contribution >= 4 is 23.4 Å². The lowest BCUT2D eigenvalue weighted by atomic mass is 10.2. The SMILES string of the molecule is Cc1cccc(Oc2ccc(NC(=O)CSc3nnc(Cc4ccccc4)o3)cc2)c1. The third-order valence-corrected chi connectivity index (χ3v) is 5.15. The third kappa shape index (κ3) is 6.20. The van der Waals surface area contributed by atoms with Gasteiger partial charge in [-0.05, 0) is 54.4 Å². The Morgan fingerprint density at radius 3 is 2.55 bits per heavy atom. The Labute approximate surface area is 184 Å². The second-order valence-electron chi connectivity index (χ2n) is 6.90. The fourth-order valence-electron chi connectivity index (χ4n) is 2.88. The van der Waals surface area contributed by atoms with E-state index in [2.05, 4.69) is 15.5 Å². The number of carbonyl (C=O) groups is 1. The highest BCUT2D eigenvalue weighted by molar-refractivity contribution is 7.99. The largest absolute Gasteiger partial charge is 0.457 e. The smallest absolute Gasteiger partial charge is 0.277 e. The molecule has 4 aromatic rings. The molecular weight excluding hydrogens is 410 g/mol. The first-order valence-corrected chi connectivity index (χ1v) is 10.8. The number of carbonyl (C=O) groups excluding carboxylic acids is 1. The van der Waals surface area contributed by atoms with Gasteiger partial charge in [0.15, 0.2) is 0 Å². The van der Waals surface area contributed by atoms with E-state index < -0.39 is 0 Å². The molecule has 31 heavy (non-hydrogen) atoms. The summed E-state index contributed by atoms with van der Waals surface area (Å²) in [6, 6.07) is 25.0. The number of hydrogen-bond donors (Lipinski definition) is 1. The second kappa shape index (κ2) is 9.95. The zero-order chi connectivity index (χ0) is 21.5. The molecule has 3 aromatic carbocycles. The molecule has 0 aliphatic rings. The minimum atomic E-state index is -0.153. The highest BCUT2D eigenvalue weighted by Crippen LogP contribution is 2.24. The summed E-state index contributed by atoms with van der Waals surface area (Å²) in [5.74, 6) is 2.03. The summed E-state index contributed by atoms with van der Waals surface area (Å²) in [4.78, 5) is 12.2. The minimum Gasteiger partial charge on any atom is -0.457 e. The van der Waals surface area contributed by atoms with Crippen LogP contribution in [0.25, 0.3) is 0 Å². The molecule has 1 N–H and O–H groups in total. The van der Waals surface area contributed by atoms with Gasteiger partial charge in [-0.25, -0.2) is 0 Å². The number of thioether (sulfide) groups is 1. The molecule has 0 aliphatic carbocycles. The first kappa shape index (κ1) is 20.7. The molecule has 0 saturated heterocycles. The molecule has 0 spiro atoms. The molecule has 0 fully saturated rings. The second-order valence-corrected chi connectivity index (χ2v) is 7.83. The van der Waals surface area contributed by atoms with Crippen molar-refractivity contribution < 1.29 is 13.9 Å². The fraction of sp³-hybridized carbons (Fsp3) is 0.125. The third-order valence-electron chi connectivity index (χ3n) is 4.34. The molecule has 0 bridgehead atoms. The summed E-state index contributed by atoms with van der Waals surface area (Å²) in [5, 5.41) is 11.3. The van der Waals surface area contributed by atoms with Crippen molar-refractivity contribution in [2.45, 2.75) is 18.6 Å². The van der Waals surface area contributed by atoms with E-state index in [0.29, 0.717) is 29.0 Å². The average molecular weight is 432 g/mol. The van der Waals surface area contributed by atoms with Gasteiger partial charge in [0.25, 0.3) is 5.22 Å². The van der Waals surface area contributed by atoms with Gasteiger partial charge in [0.2, 0.25) is 11.8 Å². The van der Waals surface area contributed by atoms with Crippen molar-refractivity contribution in [3.63, 3.8) is 0 Å². The van der Waals surface area contributed by atoms with E-state index in [1.165, 1.54) is 11.8 Å². The molecule has 156 valence electrons. The number of aryl methyl sites for hydroxylation is 1. The maximum Gasteiger partial charge on any atom is 0.277 e. The highest BCUT2D eigenvalue weighted by atomic mass is 32.2. The number of nitrogens with zero attached hydrogens (tertiary/aromatic N) is 2. The maximum atomic E-state index is 12.2. The number of anilines is 1. The van der Waals surface area contributed by atoms with Gasteiger partial charge in [0.1, 0.15) is 11.5 Å². The predicted octanol–water partition coefficient (Wildman–Crippen LogP) is 5.49. The van der Waals surface area contributed by atoms with Crippen LogP contribution in [0.2, 0.25) is 0 Å². The molecule has 0 saturated carbocycles. The van der Waals surface area contributed by atoms with E-state index >= 15 is 0 Å². The normalized spacial score (nSPS) is 10.6. The van der Waals surface area contributed by atoms with E-state index in [1.54, 1.807) is 12.1 Å². The molecule has 4 rings (SSSR count). The van der Waals surface area contributed by atoms with Gasteiger partial charge < -0.3 is 14.5 Å². The first-order chi connectivity index (χ1) is 15.1. The van der Waals surface area contributed by atoms with Crippen molar-refractivity contribution in [1.82, 2.24) is 10.2 Å². The lowest BCUT2D eigenvalue weighted by Crippen LogP contribution is -2.13. The van der Waals surface area contributed by atoms with Crippen LogP contribution in [0.5, 0.6) is 11.5 Å². The van der Waals surface area contributed by atoms with Crippen LogP contribution in [0.15, 0.2) is 88.5 Å². The van der Waals surface area contributed by atoms with E-state index in [-0.39, 0.29) is 11.7 Å². The van der Waals surface area contributed by atoms with Gasteiger partial charge in [-0.1, -0.05) is 54.2 Å². The zero-order valence-corrected chi connectivity index (χ0v) is 17.8. The molecule has 0 aliphatic heterocycles. The highest BCUT2D eigenvalue weighted by Gasteiger charge is 2.11. The number of ether oxygens (including phenoxy) is 1. The molecular formula is C24H21N3O3S. The number of benzene rings is 3. The van der Waals surface area contributed by atoms with Crippen molar-refractivity contribution in [3.05, 3.63) is 95.9 Å². The monoisotopic (exact) mass is 431 g/mol. The average Bonchev–Trinajstić information content (AvgIpc) is 3.22. The molecule has 0 radical (unpaired) electrons. The molecule has 1 aromatic heterocycles. The van der Waals surface area contributed by atoms with E-state index in [4.69, 9.17) is 9.15 Å². The number of nitrogens with one attached hydrogen (secondary N) is 1. The van der Waals surface area contributed by atoms with Crippen molar-refractivity contribution in [2.75, 3.05) is 11.1 Å². The summed E-state index contributed by atoms with van der Waals surface area (Å²) in [6.45, 7) is 2.02. The van der Waals surface area contributed by atoms with Crippen molar-refractivity contribution in [3.8, 4) is 11.5 Å². The van der Waals surface area contributed by atoms with E-state index in [9.17, 15) is 4.79 Å². The van der Waals surface area contributed by atoms with Crippen molar-refractivity contribution in [1.29, 1.82) is 0 Å². The van der Waals surface area contributed by atoms with Gasteiger partial charge >= 0.3 is 0 Å². The quantitative estimate of drug-likeness (QED) is 0.372. The van der Waals surface area contributed by atoms with Gasteiger partial charge in [0.05, 0.1) is 12.2 Å². The van der Waals surface area contributed by atoms with Crippen LogP contribution >= 0.6 is 11.8 Å². The van der Waals surface area contributed by atoms with Crippen LogP contribution in [-0.2, 0) is 11.2 Å². The topological polar surface area (TPSA) is 77.2 Å². The fourth-order valence-corrected chi connectivity index (χ4v) is 3.46. The standard InChI is InChI=1S/C24H21N3O3S/c1-17-6-5-9-21(14-17)29-20-12-10-19(11-13-20)25-22(28)16-31-24-27-26-23(30-24)15-18-7-3-2-4-8-18/h2-14H,15-16H2,1H3,(H,25,28). The Kier molecular flexibility index (Phi) is 6.64. The lowest BCUT2D eigenvalue weighted by molar-refractivity contribution is -0.113. The van der Waals surface area contributed by atoms with E-state index in [0.717, 1.165) is 16.9 Å². The van der Waals surface area contributed by atoms with Crippen LogP contribution in [-0.4, -0.2) is 21.9 Å². The Bertz CT molecular complexity index is 1140. The number of rotatable bonds is 8. The summed E-state index contributed by atoms with van der Waals surface area (Å²) in [7, 11) is 0. The number of hydrogen-bond acceptors (Lipinski definition) is 6. The maximum absolute atomic E-state index is 12.2. The molecule has 1 heterocycles. The van der Waals surface area contributed by atoms with Crippen LogP contribution < -0.4 is 10.1 Å². The van der Waals surface area contributed by atoms with Gasteiger partial charge in [-0.2, -0.15) is 0 Å². The van der Waals surface area contributed by atoms with Crippen molar-refractivity contribution in [2.24, 2.45) is 0 Å². The molecule has 7 heteroatoms. The molecule has 0 unspecified atom stereocenters. The summed E-state index contributed by atoms with van der Waals surface area (Å²) >= 11 is 1.21. The number of amides is 1. The molecule has 1 amide bonds. The minimum absolute atomic E-state index is 0.153. The molecule has 6 nitrogen and oxygen atoms in total. The lowest BCUT2D eigenvalue weighted by Gasteiger charge is -2.08. The van der Waals surface area contributed by atoms with Crippen LogP contribution in [0, 0.1) is 6.92 Å². The Morgan fingerprint density at radius 2 is 1.77 bits per heavy atom. The van der Waals surface area contributed by atoms with Crippen LogP contribution in [0.4, 0.5) is 5.69 Å². The summed E-state index contributed by atoms with van der Waals surface area (Å²) in [6.07, 6.45) is 0.567. The summed E-state index contributed by atoms with van der Waals surface area (Å²) < 4.78 is 11.4. The first-order valence-electron chi connectivity index (χ1n) is 9.77. The van der Waals surface area contributed by atoms with E-state index in [1.807, 2.05) is 73.7 Å². The zero-order valence-electron chi connectivity index (χ0n) is 16.9. The Hall–Kier alpha value is -3.58. The van der Waals surface area contributed by atoms with Crippen LogP contribution in [0.3, 0.4) is 0 Å². The van der Waals surface area contributed by atoms with Gasteiger partial charge in [-0.3, -0.25) is 4.79 Å². The van der Waals surface area contributed by atoms with Crippen LogP contribution in [0.1, 0.15) is 17.0 Å². The van der Waals surface area contributed by atoms with Gasteiger partial charge in [-0.15, -0.1) is 10.2 Å². The predicted molar refractivity (Wildman–Crippen MR) is 121 cm³/mol. The molecule has 0 atom stereocenters. The Balaban J connectivity index is 1.25. The van der Waals surface area contributed by atoms with Gasteiger partial charge in [0, 0.05) is 5.69 Å². The number of aromatic nitrogens is 2.